The fourth-order valence-electron chi connectivity index (χ4n) is 3.36. The number of ether oxygens (including phenoxy) is 1. The summed E-state index contributed by atoms with van der Waals surface area (Å²) in [5.41, 5.74) is 1.86. The average molecular weight is 338 g/mol. The van der Waals surface area contributed by atoms with E-state index in [1.54, 1.807) is 11.3 Å². The van der Waals surface area contributed by atoms with Crippen molar-refractivity contribution in [2.75, 3.05) is 25.5 Å². The lowest BCUT2D eigenvalue weighted by atomic mass is 10.0. The van der Waals surface area contributed by atoms with Gasteiger partial charge in [-0.1, -0.05) is 6.92 Å². The van der Waals surface area contributed by atoms with E-state index in [4.69, 9.17) is 17.0 Å². The summed E-state index contributed by atoms with van der Waals surface area (Å²) in [6, 6.07) is 0. The van der Waals surface area contributed by atoms with Gasteiger partial charge in [-0.15, -0.1) is 11.3 Å². The van der Waals surface area contributed by atoms with Gasteiger partial charge in [0.1, 0.15) is 5.00 Å². The van der Waals surface area contributed by atoms with Crippen LogP contribution in [-0.2, 0) is 17.6 Å². The van der Waals surface area contributed by atoms with Gasteiger partial charge in [0, 0.05) is 18.0 Å². The number of thiocarbonyl (C=S) groups is 1. The van der Waals surface area contributed by atoms with Gasteiger partial charge in [0.05, 0.1) is 12.7 Å². The van der Waals surface area contributed by atoms with E-state index in [-0.39, 0.29) is 5.97 Å². The zero-order valence-electron chi connectivity index (χ0n) is 13.1. The fraction of sp³-hybridized carbons (Fsp3) is 0.625. The summed E-state index contributed by atoms with van der Waals surface area (Å²) in [6.07, 6.45) is 5.58. The van der Waals surface area contributed by atoms with Crippen LogP contribution in [0, 0.1) is 5.92 Å². The van der Waals surface area contributed by atoms with Crippen LogP contribution < -0.4 is 5.32 Å². The molecule has 0 radical (unpaired) electrons. The van der Waals surface area contributed by atoms with Gasteiger partial charge in [-0.05, 0) is 55.8 Å². The fourth-order valence-corrected chi connectivity index (χ4v) is 4.97. The first-order valence-electron chi connectivity index (χ1n) is 7.89. The molecule has 2 aliphatic rings. The predicted octanol–water partition coefficient (Wildman–Crippen LogP) is 3.45. The van der Waals surface area contributed by atoms with Crippen LogP contribution in [-0.4, -0.2) is 36.2 Å². The molecule has 0 spiro atoms. The summed E-state index contributed by atoms with van der Waals surface area (Å²) in [5.74, 6) is 0.415. The maximum absolute atomic E-state index is 12.2. The van der Waals surface area contributed by atoms with E-state index in [9.17, 15) is 4.79 Å². The SMILES string of the molecule is COC(=O)c1c(NC(=S)N2CCCC(C)C2)sc2c1CCC2. The van der Waals surface area contributed by atoms with Gasteiger partial charge in [-0.2, -0.15) is 0 Å². The Morgan fingerprint density at radius 2 is 2.23 bits per heavy atom. The van der Waals surface area contributed by atoms with Gasteiger partial charge in [0.2, 0.25) is 0 Å². The molecule has 1 unspecified atom stereocenters. The molecule has 1 aliphatic carbocycles. The molecule has 0 amide bonds. The highest BCUT2D eigenvalue weighted by molar-refractivity contribution is 7.80. The van der Waals surface area contributed by atoms with Crippen LogP contribution in [0.2, 0.25) is 0 Å². The number of anilines is 1. The van der Waals surface area contributed by atoms with Crippen molar-refractivity contribution in [1.82, 2.24) is 4.90 Å². The van der Waals surface area contributed by atoms with Crippen LogP contribution in [0.15, 0.2) is 0 Å². The van der Waals surface area contributed by atoms with Gasteiger partial charge < -0.3 is 15.0 Å². The van der Waals surface area contributed by atoms with E-state index in [0.717, 1.165) is 48.0 Å². The Hall–Kier alpha value is -1.14. The standard InChI is InChI=1S/C16H22N2O2S2/c1-10-5-4-8-18(9-10)16(21)17-14-13(15(19)20-2)11-6-3-7-12(11)22-14/h10H,3-9H2,1-2H3,(H,17,21). The summed E-state index contributed by atoms with van der Waals surface area (Å²) >= 11 is 7.23. The molecule has 3 rings (SSSR count). The minimum absolute atomic E-state index is 0.253. The van der Waals surface area contributed by atoms with Crippen LogP contribution >= 0.6 is 23.6 Å². The molecular weight excluding hydrogens is 316 g/mol. The number of hydrogen-bond donors (Lipinski definition) is 1. The Labute approximate surface area is 140 Å². The van der Waals surface area contributed by atoms with Gasteiger partial charge in [-0.25, -0.2) is 4.79 Å². The predicted molar refractivity (Wildman–Crippen MR) is 93.9 cm³/mol. The van der Waals surface area contributed by atoms with Crippen LogP contribution in [0.25, 0.3) is 0 Å². The number of esters is 1. The third kappa shape index (κ3) is 2.99. The first-order valence-corrected chi connectivity index (χ1v) is 9.11. The lowest BCUT2D eigenvalue weighted by molar-refractivity contribution is 0.0601. The summed E-state index contributed by atoms with van der Waals surface area (Å²) in [6.45, 7) is 4.24. The van der Waals surface area contributed by atoms with Crippen molar-refractivity contribution in [1.29, 1.82) is 0 Å². The number of nitrogens with zero attached hydrogens (tertiary/aromatic N) is 1. The number of rotatable bonds is 2. The third-order valence-corrected chi connectivity index (χ3v) is 6.04. The molecular formula is C16H22N2O2S2. The average Bonchev–Trinajstić information content (AvgIpc) is 3.07. The number of likely N-dealkylation sites (tertiary alicyclic amines) is 1. The molecule has 0 bridgehead atoms. The molecule has 120 valence electrons. The molecule has 22 heavy (non-hydrogen) atoms. The van der Waals surface area contributed by atoms with Crippen molar-refractivity contribution in [3.63, 3.8) is 0 Å². The highest BCUT2D eigenvalue weighted by Gasteiger charge is 2.28. The Balaban J connectivity index is 1.80. The van der Waals surface area contributed by atoms with Crippen molar-refractivity contribution < 1.29 is 9.53 Å². The molecule has 4 nitrogen and oxygen atoms in total. The molecule has 1 N–H and O–H groups in total. The lowest BCUT2D eigenvalue weighted by Gasteiger charge is -2.33. The van der Waals surface area contributed by atoms with E-state index in [0.29, 0.717) is 11.5 Å². The number of piperidine rings is 1. The van der Waals surface area contributed by atoms with Crippen molar-refractivity contribution in [3.05, 3.63) is 16.0 Å². The maximum atomic E-state index is 12.2. The largest absolute Gasteiger partial charge is 0.465 e. The summed E-state index contributed by atoms with van der Waals surface area (Å²) in [7, 11) is 1.44. The molecule has 1 fully saturated rings. The molecule has 0 aromatic carbocycles. The van der Waals surface area contributed by atoms with Gasteiger partial charge in [0.25, 0.3) is 0 Å². The van der Waals surface area contributed by atoms with Gasteiger partial charge in [-0.3, -0.25) is 0 Å². The second kappa shape index (κ2) is 6.54. The number of carbonyl (C=O) groups excluding carboxylic acids is 1. The molecule has 1 atom stereocenters. The number of methoxy groups -OCH3 is 1. The van der Waals surface area contributed by atoms with Crippen LogP contribution in [0.4, 0.5) is 5.00 Å². The topological polar surface area (TPSA) is 41.6 Å². The molecule has 1 aromatic rings. The van der Waals surface area contributed by atoms with Gasteiger partial charge in [0.15, 0.2) is 5.11 Å². The second-order valence-electron chi connectivity index (χ2n) is 6.18. The van der Waals surface area contributed by atoms with Crippen molar-refractivity contribution in [3.8, 4) is 0 Å². The van der Waals surface area contributed by atoms with Crippen molar-refractivity contribution in [2.24, 2.45) is 5.92 Å². The number of hydrogen-bond acceptors (Lipinski definition) is 4. The Bertz CT molecular complexity index is 597. The minimum atomic E-state index is -0.253. The number of aryl methyl sites for hydroxylation is 1. The Kier molecular flexibility index (Phi) is 4.68. The normalized spacial score (nSPS) is 20.6. The molecule has 1 aromatic heterocycles. The van der Waals surface area contributed by atoms with E-state index in [1.165, 1.54) is 24.8 Å². The number of fused-ring (bicyclic) bond motifs is 1. The van der Waals surface area contributed by atoms with Crippen molar-refractivity contribution >= 4 is 39.6 Å². The number of thiophene rings is 1. The first kappa shape index (κ1) is 15.7. The molecule has 2 heterocycles. The van der Waals surface area contributed by atoms with Crippen molar-refractivity contribution in [2.45, 2.75) is 39.0 Å². The number of carbonyl (C=O) groups is 1. The first-order chi connectivity index (χ1) is 10.6. The van der Waals surface area contributed by atoms with E-state index in [1.807, 2.05) is 0 Å². The smallest absolute Gasteiger partial charge is 0.341 e. The maximum Gasteiger partial charge on any atom is 0.341 e. The molecule has 0 saturated carbocycles. The zero-order valence-corrected chi connectivity index (χ0v) is 14.7. The van der Waals surface area contributed by atoms with E-state index < -0.39 is 0 Å². The molecule has 1 saturated heterocycles. The Morgan fingerprint density at radius 3 is 2.95 bits per heavy atom. The minimum Gasteiger partial charge on any atom is -0.465 e. The van der Waals surface area contributed by atoms with Crippen LogP contribution in [0.1, 0.15) is 47.0 Å². The molecule has 6 heteroatoms. The lowest BCUT2D eigenvalue weighted by Crippen LogP contribution is -2.41. The van der Waals surface area contributed by atoms with E-state index >= 15 is 0 Å². The quantitative estimate of drug-likeness (QED) is 0.661. The second-order valence-corrected chi connectivity index (χ2v) is 7.67. The monoisotopic (exact) mass is 338 g/mol. The highest BCUT2D eigenvalue weighted by atomic mass is 32.1. The van der Waals surface area contributed by atoms with E-state index in [2.05, 4.69) is 17.1 Å². The molecule has 1 aliphatic heterocycles. The zero-order chi connectivity index (χ0) is 15.7. The van der Waals surface area contributed by atoms with Crippen LogP contribution in [0.5, 0.6) is 0 Å². The summed E-state index contributed by atoms with van der Waals surface area (Å²) in [5, 5.41) is 4.91. The summed E-state index contributed by atoms with van der Waals surface area (Å²) in [4.78, 5) is 15.7. The highest BCUT2D eigenvalue weighted by Crippen LogP contribution is 2.39. The number of nitrogens with one attached hydrogen (secondary N) is 1. The van der Waals surface area contributed by atoms with Crippen LogP contribution in [0.3, 0.4) is 0 Å². The Morgan fingerprint density at radius 1 is 1.41 bits per heavy atom. The summed E-state index contributed by atoms with van der Waals surface area (Å²) < 4.78 is 4.98. The van der Waals surface area contributed by atoms with Gasteiger partial charge >= 0.3 is 5.97 Å². The third-order valence-electron chi connectivity index (χ3n) is 4.48.